The lowest BCUT2D eigenvalue weighted by molar-refractivity contribution is -0.144. The molecule has 2 amide bonds. The second kappa shape index (κ2) is 10.4. The summed E-state index contributed by atoms with van der Waals surface area (Å²) in [6, 6.07) is 9.47. The van der Waals surface area contributed by atoms with Crippen molar-refractivity contribution >= 4 is 27.7 Å². The van der Waals surface area contributed by atoms with Crippen LogP contribution in [0.25, 0.3) is 0 Å². The first-order valence-corrected chi connectivity index (χ1v) is 12.4. The van der Waals surface area contributed by atoms with Gasteiger partial charge in [0.05, 0.1) is 24.1 Å². The Kier molecular flexibility index (Phi) is 7.52. The highest BCUT2D eigenvalue weighted by molar-refractivity contribution is 9.10. The third-order valence-electron chi connectivity index (χ3n) is 6.53. The number of carbonyl (C=O) groups is 2. The molecule has 4 atom stereocenters. The van der Waals surface area contributed by atoms with E-state index in [9.17, 15) is 9.59 Å². The van der Waals surface area contributed by atoms with Crippen LogP contribution in [0.4, 0.5) is 0 Å². The van der Waals surface area contributed by atoms with Gasteiger partial charge in [-0.05, 0) is 48.8 Å². The summed E-state index contributed by atoms with van der Waals surface area (Å²) in [6.45, 7) is 7.68. The number of nitrogens with zero attached hydrogens (tertiary/aromatic N) is 3. The summed E-state index contributed by atoms with van der Waals surface area (Å²) in [5, 5.41) is 3.23. The Bertz CT molecular complexity index is 988. The molecule has 0 saturated carbocycles. The number of benzene rings is 1. The van der Waals surface area contributed by atoms with Crippen LogP contribution in [0, 0.1) is 11.8 Å². The number of para-hydroxylation sites is 1. The van der Waals surface area contributed by atoms with Crippen LogP contribution in [0.15, 0.2) is 47.2 Å². The Morgan fingerprint density at radius 2 is 1.79 bits per heavy atom. The SMILES string of the molecule is CC(CC(=O)N1C[C@H]2COC[C@@H](C1)C2NC(=O)C(C)(C)c1ncc(Br)cn1)Oc1ccccc1. The molecule has 2 bridgehead atoms. The van der Waals surface area contributed by atoms with Crippen molar-refractivity contribution in [3.63, 3.8) is 0 Å². The average Bonchev–Trinajstić information content (AvgIpc) is 2.79. The molecule has 0 aliphatic carbocycles. The second-order valence-corrected chi connectivity index (χ2v) is 10.6. The predicted molar refractivity (Wildman–Crippen MR) is 130 cm³/mol. The van der Waals surface area contributed by atoms with Gasteiger partial charge in [-0.2, -0.15) is 0 Å². The zero-order chi connectivity index (χ0) is 24.3. The largest absolute Gasteiger partial charge is 0.490 e. The Hall–Kier alpha value is -2.52. The van der Waals surface area contributed by atoms with E-state index in [0.717, 1.165) is 10.2 Å². The van der Waals surface area contributed by atoms with Gasteiger partial charge in [0.1, 0.15) is 23.1 Å². The van der Waals surface area contributed by atoms with Crippen molar-refractivity contribution in [3.8, 4) is 5.75 Å². The molecule has 1 aromatic carbocycles. The first kappa shape index (κ1) is 24.6. The molecule has 4 rings (SSSR count). The minimum absolute atomic E-state index is 0.0346. The van der Waals surface area contributed by atoms with Crippen LogP contribution < -0.4 is 10.1 Å². The molecule has 9 heteroatoms. The summed E-state index contributed by atoms with van der Waals surface area (Å²) in [6.07, 6.45) is 3.37. The number of amides is 2. The van der Waals surface area contributed by atoms with E-state index in [4.69, 9.17) is 9.47 Å². The van der Waals surface area contributed by atoms with Gasteiger partial charge in [-0.3, -0.25) is 9.59 Å². The maximum Gasteiger partial charge on any atom is 0.233 e. The van der Waals surface area contributed by atoms with Crippen LogP contribution in [0.5, 0.6) is 5.75 Å². The Morgan fingerprint density at radius 1 is 1.18 bits per heavy atom. The van der Waals surface area contributed by atoms with Crippen LogP contribution in [0.1, 0.15) is 33.0 Å². The van der Waals surface area contributed by atoms with Gasteiger partial charge in [0.2, 0.25) is 11.8 Å². The number of hydrogen-bond donors (Lipinski definition) is 1. The third kappa shape index (κ3) is 5.58. The zero-order valence-electron chi connectivity index (χ0n) is 19.7. The maximum absolute atomic E-state index is 13.2. The maximum atomic E-state index is 13.2. The molecular formula is C25H31BrN4O4. The van der Waals surface area contributed by atoms with Crippen LogP contribution in [-0.2, 0) is 19.7 Å². The van der Waals surface area contributed by atoms with E-state index in [2.05, 4.69) is 31.2 Å². The molecule has 3 heterocycles. The van der Waals surface area contributed by atoms with E-state index < -0.39 is 5.41 Å². The third-order valence-corrected chi connectivity index (χ3v) is 6.94. The number of likely N-dealkylation sites (tertiary alicyclic amines) is 1. The normalized spacial score (nSPS) is 23.2. The minimum Gasteiger partial charge on any atom is -0.490 e. The van der Waals surface area contributed by atoms with E-state index in [1.165, 1.54) is 0 Å². The van der Waals surface area contributed by atoms with Crippen molar-refractivity contribution in [2.75, 3.05) is 26.3 Å². The van der Waals surface area contributed by atoms with Gasteiger partial charge in [0.25, 0.3) is 0 Å². The van der Waals surface area contributed by atoms with Gasteiger partial charge in [-0.1, -0.05) is 18.2 Å². The number of ether oxygens (including phenoxy) is 2. The first-order chi connectivity index (χ1) is 16.2. The highest BCUT2D eigenvalue weighted by Gasteiger charge is 2.44. The number of nitrogens with one attached hydrogen (secondary N) is 1. The van der Waals surface area contributed by atoms with Gasteiger partial charge >= 0.3 is 0 Å². The number of halogens is 1. The van der Waals surface area contributed by atoms with E-state index in [1.807, 2.05) is 56.0 Å². The van der Waals surface area contributed by atoms with E-state index >= 15 is 0 Å². The number of piperidine rings is 1. The fraction of sp³-hybridized carbons (Fsp3) is 0.520. The predicted octanol–water partition coefficient (Wildman–Crippen LogP) is 2.96. The fourth-order valence-electron chi connectivity index (χ4n) is 4.59. The number of rotatable bonds is 7. The fourth-order valence-corrected chi connectivity index (χ4v) is 4.80. The number of fused-ring (bicyclic) bond motifs is 2. The molecule has 34 heavy (non-hydrogen) atoms. The highest BCUT2D eigenvalue weighted by atomic mass is 79.9. The van der Waals surface area contributed by atoms with Crippen molar-refractivity contribution in [2.24, 2.45) is 11.8 Å². The molecule has 2 saturated heterocycles. The molecule has 0 radical (unpaired) electrons. The molecule has 2 unspecified atom stereocenters. The molecular weight excluding hydrogens is 500 g/mol. The van der Waals surface area contributed by atoms with E-state index in [1.54, 1.807) is 12.4 Å². The highest BCUT2D eigenvalue weighted by Crippen LogP contribution is 2.30. The van der Waals surface area contributed by atoms with Crippen molar-refractivity contribution < 1.29 is 19.1 Å². The lowest BCUT2D eigenvalue weighted by atomic mass is 9.80. The van der Waals surface area contributed by atoms with Gasteiger partial charge in [-0.15, -0.1) is 0 Å². The molecule has 1 N–H and O–H groups in total. The molecule has 2 aromatic rings. The quantitative estimate of drug-likeness (QED) is 0.591. The summed E-state index contributed by atoms with van der Waals surface area (Å²) >= 11 is 3.33. The van der Waals surface area contributed by atoms with Gasteiger partial charge < -0.3 is 19.7 Å². The van der Waals surface area contributed by atoms with Crippen molar-refractivity contribution in [2.45, 2.75) is 44.8 Å². The first-order valence-electron chi connectivity index (χ1n) is 11.6. The summed E-state index contributed by atoms with van der Waals surface area (Å²) < 4.78 is 12.4. The summed E-state index contributed by atoms with van der Waals surface area (Å²) in [7, 11) is 0. The van der Waals surface area contributed by atoms with Crippen LogP contribution in [0.2, 0.25) is 0 Å². The van der Waals surface area contributed by atoms with Crippen LogP contribution in [-0.4, -0.2) is 65.1 Å². The standard InChI is InChI=1S/C25H31BrN4O4/c1-16(34-20-7-5-4-6-8-20)9-21(31)30-12-17-14-33-15-18(13-30)22(17)29-24(32)25(2,3)23-27-10-19(26)11-28-23/h4-8,10-11,16-18,22H,9,12-15H2,1-3H3,(H,29,32)/t16?,17-,18+,22?. The topological polar surface area (TPSA) is 93.7 Å². The molecule has 2 aliphatic rings. The summed E-state index contributed by atoms with van der Waals surface area (Å²) in [4.78, 5) is 36.8. The summed E-state index contributed by atoms with van der Waals surface area (Å²) in [5.74, 6) is 1.23. The molecule has 2 fully saturated rings. The number of hydrogen-bond acceptors (Lipinski definition) is 6. The number of aromatic nitrogens is 2. The molecule has 0 spiro atoms. The smallest absolute Gasteiger partial charge is 0.233 e. The number of carbonyl (C=O) groups excluding carboxylic acids is 2. The Morgan fingerprint density at radius 3 is 2.41 bits per heavy atom. The molecule has 2 aliphatic heterocycles. The average molecular weight is 531 g/mol. The summed E-state index contributed by atoms with van der Waals surface area (Å²) in [5.41, 5.74) is -0.882. The molecule has 8 nitrogen and oxygen atoms in total. The Labute approximate surface area is 208 Å². The minimum atomic E-state index is -0.882. The lowest BCUT2D eigenvalue weighted by Crippen LogP contribution is -2.63. The van der Waals surface area contributed by atoms with Gasteiger partial charge in [0, 0.05) is 43.4 Å². The van der Waals surface area contributed by atoms with Crippen molar-refractivity contribution in [3.05, 3.63) is 53.0 Å². The zero-order valence-corrected chi connectivity index (χ0v) is 21.3. The Balaban J connectivity index is 1.36. The second-order valence-electron chi connectivity index (χ2n) is 9.65. The van der Waals surface area contributed by atoms with Gasteiger partial charge in [-0.25, -0.2) is 9.97 Å². The van der Waals surface area contributed by atoms with Crippen molar-refractivity contribution in [1.29, 1.82) is 0 Å². The lowest BCUT2D eigenvalue weighted by Gasteiger charge is -2.47. The van der Waals surface area contributed by atoms with Gasteiger partial charge in [0.15, 0.2) is 0 Å². The van der Waals surface area contributed by atoms with Crippen molar-refractivity contribution in [1.82, 2.24) is 20.2 Å². The van der Waals surface area contributed by atoms with E-state index in [0.29, 0.717) is 38.5 Å². The molecule has 1 aromatic heterocycles. The van der Waals surface area contributed by atoms with E-state index in [-0.39, 0.29) is 35.8 Å². The van der Waals surface area contributed by atoms with Crippen LogP contribution >= 0.6 is 15.9 Å². The van der Waals surface area contributed by atoms with Crippen LogP contribution in [0.3, 0.4) is 0 Å². The monoisotopic (exact) mass is 530 g/mol. The molecule has 182 valence electrons.